The lowest BCUT2D eigenvalue weighted by Gasteiger charge is -2.09. The van der Waals surface area contributed by atoms with E-state index in [-0.39, 0.29) is 10.9 Å². The summed E-state index contributed by atoms with van der Waals surface area (Å²) in [6.07, 6.45) is 1.96. The van der Waals surface area contributed by atoms with Crippen LogP contribution in [0, 0.1) is 0 Å². The Morgan fingerprint density at radius 3 is 2.33 bits per heavy atom. The first-order chi connectivity index (χ1) is 9.84. The highest BCUT2D eigenvalue weighted by atomic mass is 32.2. The fraction of sp³-hybridized carbons (Fsp3) is 0.250. The number of nitrogens with two attached hydrogens (primary N) is 1. The SMILES string of the molecule is CC(N)Cc1cccc(Oc2ccc(S(C)(=O)=O)cc2)c1. The Hall–Kier alpha value is -1.85. The predicted molar refractivity (Wildman–Crippen MR) is 83.4 cm³/mol. The van der Waals surface area contributed by atoms with Gasteiger partial charge in [-0.05, 0) is 55.3 Å². The topological polar surface area (TPSA) is 69.4 Å². The molecule has 0 spiro atoms. The molecular weight excluding hydrogens is 286 g/mol. The summed E-state index contributed by atoms with van der Waals surface area (Å²) in [4.78, 5) is 0.278. The van der Waals surface area contributed by atoms with Crippen molar-refractivity contribution in [3.63, 3.8) is 0 Å². The highest BCUT2D eigenvalue weighted by Crippen LogP contribution is 2.24. The van der Waals surface area contributed by atoms with Crippen LogP contribution in [-0.2, 0) is 16.3 Å². The average molecular weight is 305 g/mol. The van der Waals surface area contributed by atoms with Gasteiger partial charge in [0.2, 0.25) is 0 Å². The zero-order chi connectivity index (χ0) is 15.5. The summed E-state index contributed by atoms with van der Waals surface area (Å²) in [6, 6.07) is 14.2. The maximum Gasteiger partial charge on any atom is 0.175 e. The molecule has 2 N–H and O–H groups in total. The van der Waals surface area contributed by atoms with Gasteiger partial charge >= 0.3 is 0 Å². The van der Waals surface area contributed by atoms with Crippen LogP contribution in [0.15, 0.2) is 53.4 Å². The Balaban J connectivity index is 2.15. The van der Waals surface area contributed by atoms with E-state index >= 15 is 0 Å². The molecule has 2 aromatic carbocycles. The van der Waals surface area contributed by atoms with Crippen molar-refractivity contribution in [3.8, 4) is 11.5 Å². The molecule has 0 aliphatic rings. The van der Waals surface area contributed by atoms with Crippen molar-refractivity contribution in [3.05, 3.63) is 54.1 Å². The average Bonchev–Trinajstić information content (AvgIpc) is 2.38. The molecule has 0 heterocycles. The van der Waals surface area contributed by atoms with Crippen LogP contribution in [0.4, 0.5) is 0 Å². The second-order valence-electron chi connectivity index (χ2n) is 5.17. The molecule has 2 rings (SSSR count). The molecule has 1 atom stereocenters. The van der Waals surface area contributed by atoms with E-state index < -0.39 is 9.84 Å². The summed E-state index contributed by atoms with van der Waals surface area (Å²) in [6.45, 7) is 1.96. The van der Waals surface area contributed by atoms with E-state index in [4.69, 9.17) is 10.5 Å². The van der Waals surface area contributed by atoms with Gasteiger partial charge in [-0.25, -0.2) is 8.42 Å². The lowest BCUT2D eigenvalue weighted by molar-refractivity contribution is 0.481. The number of benzene rings is 2. The van der Waals surface area contributed by atoms with Crippen molar-refractivity contribution in [2.75, 3.05) is 6.26 Å². The quantitative estimate of drug-likeness (QED) is 0.922. The second-order valence-corrected chi connectivity index (χ2v) is 7.19. The minimum atomic E-state index is -3.18. The Labute approximate surface area is 125 Å². The summed E-state index contributed by atoms with van der Waals surface area (Å²) in [7, 11) is -3.18. The summed E-state index contributed by atoms with van der Waals surface area (Å²) in [5.41, 5.74) is 6.89. The number of sulfone groups is 1. The largest absolute Gasteiger partial charge is 0.457 e. The van der Waals surface area contributed by atoms with Crippen LogP contribution in [0.2, 0.25) is 0 Å². The zero-order valence-electron chi connectivity index (χ0n) is 12.1. The third-order valence-corrected chi connectivity index (χ3v) is 4.07. The fourth-order valence-corrected chi connectivity index (χ4v) is 2.63. The van der Waals surface area contributed by atoms with E-state index in [0.29, 0.717) is 11.5 Å². The van der Waals surface area contributed by atoms with Crippen LogP contribution in [0.5, 0.6) is 11.5 Å². The van der Waals surface area contributed by atoms with Gasteiger partial charge in [0.15, 0.2) is 9.84 Å². The molecule has 4 nitrogen and oxygen atoms in total. The van der Waals surface area contributed by atoms with E-state index in [2.05, 4.69) is 0 Å². The maximum atomic E-state index is 11.4. The fourth-order valence-electron chi connectivity index (χ4n) is 2.00. The molecule has 5 heteroatoms. The number of hydrogen-bond acceptors (Lipinski definition) is 4. The van der Waals surface area contributed by atoms with Crippen LogP contribution < -0.4 is 10.5 Å². The smallest absolute Gasteiger partial charge is 0.175 e. The van der Waals surface area contributed by atoms with Gasteiger partial charge in [0.05, 0.1) is 4.90 Å². The van der Waals surface area contributed by atoms with Crippen LogP contribution >= 0.6 is 0 Å². The van der Waals surface area contributed by atoms with E-state index in [0.717, 1.165) is 12.0 Å². The molecular formula is C16H19NO3S. The van der Waals surface area contributed by atoms with Crippen molar-refractivity contribution >= 4 is 9.84 Å². The molecule has 0 saturated carbocycles. The standard InChI is InChI=1S/C16H19NO3S/c1-12(17)10-13-4-3-5-15(11-13)20-14-6-8-16(9-7-14)21(2,18)19/h3-9,11-12H,10,17H2,1-2H3. The molecule has 2 aromatic rings. The highest BCUT2D eigenvalue weighted by molar-refractivity contribution is 7.90. The zero-order valence-corrected chi connectivity index (χ0v) is 12.9. The van der Waals surface area contributed by atoms with Crippen molar-refractivity contribution < 1.29 is 13.2 Å². The monoisotopic (exact) mass is 305 g/mol. The van der Waals surface area contributed by atoms with Crippen molar-refractivity contribution in [1.29, 1.82) is 0 Å². The van der Waals surface area contributed by atoms with Gasteiger partial charge in [-0.3, -0.25) is 0 Å². The lowest BCUT2D eigenvalue weighted by Crippen LogP contribution is -2.17. The van der Waals surface area contributed by atoms with Crippen LogP contribution in [0.25, 0.3) is 0 Å². The van der Waals surface area contributed by atoms with Gasteiger partial charge in [-0.2, -0.15) is 0 Å². The molecule has 0 bridgehead atoms. The van der Waals surface area contributed by atoms with Crippen molar-refractivity contribution in [1.82, 2.24) is 0 Å². The van der Waals surface area contributed by atoms with Crippen LogP contribution in [0.1, 0.15) is 12.5 Å². The first-order valence-electron chi connectivity index (χ1n) is 6.67. The molecule has 0 fully saturated rings. The maximum absolute atomic E-state index is 11.4. The Morgan fingerprint density at radius 1 is 1.10 bits per heavy atom. The van der Waals surface area contributed by atoms with Crippen molar-refractivity contribution in [2.45, 2.75) is 24.3 Å². The molecule has 0 radical (unpaired) electrons. The van der Waals surface area contributed by atoms with Gasteiger partial charge < -0.3 is 10.5 Å². The lowest BCUT2D eigenvalue weighted by atomic mass is 10.1. The Bertz CT molecular complexity index is 707. The van der Waals surface area contributed by atoms with Gasteiger partial charge in [0, 0.05) is 12.3 Å². The molecule has 0 saturated heterocycles. The molecule has 1 unspecified atom stereocenters. The van der Waals surface area contributed by atoms with E-state index in [9.17, 15) is 8.42 Å². The first kappa shape index (κ1) is 15.5. The summed E-state index contributed by atoms with van der Waals surface area (Å²) in [5, 5.41) is 0. The Morgan fingerprint density at radius 2 is 1.76 bits per heavy atom. The normalized spacial score (nSPS) is 12.9. The van der Waals surface area contributed by atoms with Gasteiger partial charge in [-0.1, -0.05) is 12.1 Å². The van der Waals surface area contributed by atoms with E-state index in [1.165, 1.54) is 18.4 Å². The number of ether oxygens (including phenoxy) is 1. The molecule has 0 aliphatic carbocycles. The van der Waals surface area contributed by atoms with E-state index in [1.807, 2.05) is 31.2 Å². The minimum Gasteiger partial charge on any atom is -0.457 e. The molecule has 112 valence electrons. The van der Waals surface area contributed by atoms with Crippen LogP contribution in [-0.4, -0.2) is 20.7 Å². The van der Waals surface area contributed by atoms with Gasteiger partial charge in [-0.15, -0.1) is 0 Å². The van der Waals surface area contributed by atoms with Gasteiger partial charge in [0.1, 0.15) is 11.5 Å². The van der Waals surface area contributed by atoms with Crippen molar-refractivity contribution in [2.24, 2.45) is 5.73 Å². The molecule has 0 aromatic heterocycles. The van der Waals surface area contributed by atoms with E-state index in [1.54, 1.807) is 12.1 Å². The van der Waals surface area contributed by atoms with Gasteiger partial charge in [0.25, 0.3) is 0 Å². The highest BCUT2D eigenvalue weighted by Gasteiger charge is 2.07. The molecule has 0 amide bonds. The van der Waals surface area contributed by atoms with Crippen LogP contribution in [0.3, 0.4) is 0 Å². The second kappa shape index (κ2) is 6.28. The molecule has 0 aliphatic heterocycles. The Kier molecular flexibility index (Phi) is 4.65. The summed E-state index contributed by atoms with van der Waals surface area (Å²) in [5.74, 6) is 1.31. The molecule has 21 heavy (non-hydrogen) atoms. The predicted octanol–water partition coefficient (Wildman–Crippen LogP) is 2.77. The first-order valence-corrected chi connectivity index (χ1v) is 8.56. The third kappa shape index (κ3) is 4.58. The summed E-state index contributed by atoms with van der Waals surface area (Å²) < 4.78 is 28.5. The third-order valence-electron chi connectivity index (χ3n) is 2.94. The number of rotatable bonds is 5. The minimum absolute atomic E-state index is 0.0919. The number of hydrogen-bond donors (Lipinski definition) is 1. The summed E-state index contributed by atoms with van der Waals surface area (Å²) >= 11 is 0.